The summed E-state index contributed by atoms with van der Waals surface area (Å²) in [5.41, 5.74) is 2.07. The van der Waals surface area contributed by atoms with Crippen LogP contribution in [0.1, 0.15) is 38.4 Å². The molecule has 19 heavy (non-hydrogen) atoms. The summed E-state index contributed by atoms with van der Waals surface area (Å²) in [6.45, 7) is 4.10. The number of hydrogen-bond acceptors (Lipinski definition) is 2. The zero-order valence-corrected chi connectivity index (χ0v) is 11.7. The van der Waals surface area contributed by atoms with Crippen LogP contribution >= 0.6 is 0 Å². The van der Waals surface area contributed by atoms with Gasteiger partial charge in [0.1, 0.15) is 0 Å². The smallest absolute Gasteiger partial charge is 0.0781 e. The highest BCUT2D eigenvalue weighted by atomic mass is 16.3. The van der Waals surface area contributed by atoms with Crippen LogP contribution < -0.4 is 5.32 Å². The molecule has 0 aromatic heterocycles. The number of fused-ring (bicyclic) bond motifs is 2. The van der Waals surface area contributed by atoms with Gasteiger partial charge in [0, 0.05) is 17.3 Å². The van der Waals surface area contributed by atoms with Crippen molar-refractivity contribution < 1.29 is 5.11 Å². The number of nitrogens with one attached hydrogen (secondary N) is 1. The molecule has 1 fully saturated rings. The third kappa shape index (κ3) is 2.42. The summed E-state index contributed by atoms with van der Waals surface area (Å²) in [5, 5.41) is 13.5. The lowest BCUT2D eigenvalue weighted by molar-refractivity contribution is 0.200. The highest BCUT2D eigenvalue weighted by Crippen LogP contribution is 2.45. The van der Waals surface area contributed by atoms with Crippen LogP contribution in [0.3, 0.4) is 0 Å². The van der Waals surface area contributed by atoms with Gasteiger partial charge >= 0.3 is 0 Å². The summed E-state index contributed by atoms with van der Waals surface area (Å²) >= 11 is 0. The van der Waals surface area contributed by atoms with E-state index in [0.717, 1.165) is 29.0 Å². The predicted octanol–water partition coefficient (Wildman–Crippen LogP) is 3.75. The first-order valence-electron chi connectivity index (χ1n) is 7.37. The number of para-hydroxylation sites is 1. The molecule has 5 unspecified atom stereocenters. The Bertz CT molecular complexity index is 480. The summed E-state index contributed by atoms with van der Waals surface area (Å²) in [6.07, 6.45) is 7.02. The molecule has 2 nitrogen and oxygen atoms in total. The quantitative estimate of drug-likeness (QED) is 0.805. The molecular formula is C17H23NO. The van der Waals surface area contributed by atoms with Crippen LogP contribution in [0.4, 0.5) is 5.69 Å². The Kier molecular flexibility index (Phi) is 3.36. The minimum atomic E-state index is -0.421. The standard InChI is InChI=1S/C17H23NO/c1-11(16-10-13-7-8-14(16)9-13)18-17-6-4-3-5-15(17)12(2)19/h3-8,11-14,16,18-19H,9-10H2,1-2H3. The Balaban J connectivity index is 1.73. The van der Waals surface area contributed by atoms with E-state index in [9.17, 15) is 5.11 Å². The van der Waals surface area contributed by atoms with Crippen LogP contribution in [0.25, 0.3) is 0 Å². The molecule has 1 aromatic carbocycles. The molecule has 0 saturated heterocycles. The normalized spacial score (nSPS) is 31.4. The van der Waals surface area contributed by atoms with Crippen molar-refractivity contribution in [3.05, 3.63) is 42.0 Å². The maximum atomic E-state index is 9.84. The first-order chi connectivity index (χ1) is 9.15. The first kappa shape index (κ1) is 12.7. The highest BCUT2D eigenvalue weighted by Gasteiger charge is 2.38. The van der Waals surface area contributed by atoms with Gasteiger partial charge in [0.15, 0.2) is 0 Å². The minimum Gasteiger partial charge on any atom is -0.389 e. The first-order valence-corrected chi connectivity index (χ1v) is 7.37. The number of hydrogen-bond donors (Lipinski definition) is 2. The van der Waals surface area contributed by atoms with Crippen molar-refractivity contribution in [3.8, 4) is 0 Å². The van der Waals surface area contributed by atoms with Crippen LogP contribution in [0.5, 0.6) is 0 Å². The summed E-state index contributed by atoms with van der Waals surface area (Å²) in [5.74, 6) is 2.30. The zero-order chi connectivity index (χ0) is 13.4. The van der Waals surface area contributed by atoms with E-state index in [1.54, 1.807) is 0 Å². The van der Waals surface area contributed by atoms with Gasteiger partial charge in [-0.1, -0.05) is 30.4 Å². The maximum Gasteiger partial charge on any atom is 0.0781 e. The lowest BCUT2D eigenvalue weighted by atomic mass is 9.87. The fraction of sp³-hybridized carbons (Fsp3) is 0.529. The predicted molar refractivity (Wildman–Crippen MR) is 79.0 cm³/mol. The molecule has 3 rings (SSSR count). The summed E-state index contributed by atoms with van der Waals surface area (Å²) in [7, 11) is 0. The van der Waals surface area contributed by atoms with Crippen molar-refractivity contribution in [2.45, 2.75) is 38.8 Å². The Hall–Kier alpha value is -1.28. The van der Waals surface area contributed by atoms with Crippen LogP contribution in [0, 0.1) is 17.8 Å². The molecule has 0 radical (unpaired) electrons. The second kappa shape index (κ2) is 5.01. The van der Waals surface area contributed by atoms with Crippen LogP contribution in [0.2, 0.25) is 0 Å². The second-order valence-electron chi connectivity index (χ2n) is 6.14. The van der Waals surface area contributed by atoms with E-state index < -0.39 is 6.10 Å². The molecule has 2 aliphatic rings. The van der Waals surface area contributed by atoms with Crippen molar-refractivity contribution in [3.63, 3.8) is 0 Å². The Labute approximate surface area is 115 Å². The van der Waals surface area contributed by atoms with Gasteiger partial charge in [-0.05, 0) is 50.5 Å². The minimum absolute atomic E-state index is 0.421. The van der Waals surface area contributed by atoms with Gasteiger partial charge in [-0.15, -0.1) is 0 Å². The van der Waals surface area contributed by atoms with Gasteiger partial charge in [0.2, 0.25) is 0 Å². The van der Waals surface area contributed by atoms with Gasteiger partial charge in [0.25, 0.3) is 0 Å². The Morgan fingerprint density at radius 1 is 1.16 bits per heavy atom. The monoisotopic (exact) mass is 257 g/mol. The number of aliphatic hydroxyl groups is 1. The number of rotatable bonds is 4. The molecule has 102 valence electrons. The van der Waals surface area contributed by atoms with Gasteiger partial charge in [-0.3, -0.25) is 0 Å². The summed E-state index contributed by atoms with van der Waals surface area (Å²) in [6, 6.07) is 8.54. The molecule has 2 aliphatic carbocycles. The molecule has 1 saturated carbocycles. The zero-order valence-electron chi connectivity index (χ0n) is 11.7. The second-order valence-corrected chi connectivity index (χ2v) is 6.14. The number of benzene rings is 1. The lowest BCUT2D eigenvalue weighted by Crippen LogP contribution is -2.29. The third-order valence-corrected chi connectivity index (χ3v) is 4.77. The highest BCUT2D eigenvalue weighted by molar-refractivity contribution is 5.52. The molecule has 5 atom stereocenters. The van der Waals surface area contributed by atoms with E-state index in [0.29, 0.717) is 6.04 Å². The van der Waals surface area contributed by atoms with Gasteiger partial charge in [0.05, 0.1) is 6.10 Å². The molecule has 0 aliphatic heterocycles. The number of allylic oxidation sites excluding steroid dienone is 2. The van der Waals surface area contributed by atoms with Crippen LogP contribution in [0.15, 0.2) is 36.4 Å². The van der Waals surface area contributed by atoms with E-state index in [-0.39, 0.29) is 0 Å². The van der Waals surface area contributed by atoms with E-state index >= 15 is 0 Å². The van der Waals surface area contributed by atoms with E-state index in [4.69, 9.17) is 0 Å². The van der Waals surface area contributed by atoms with Gasteiger partial charge in [-0.2, -0.15) is 0 Å². The molecule has 2 heteroatoms. The fourth-order valence-electron chi connectivity index (χ4n) is 3.74. The Morgan fingerprint density at radius 2 is 1.95 bits per heavy atom. The molecule has 1 aromatic rings. The third-order valence-electron chi connectivity index (χ3n) is 4.77. The van der Waals surface area contributed by atoms with Crippen molar-refractivity contribution in [2.75, 3.05) is 5.32 Å². The van der Waals surface area contributed by atoms with Crippen molar-refractivity contribution in [1.29, 1.82) is 0 Å². The lowest BCUT2D eigenvalue weighted by Gasteiger charge is -2.28. The molecule has 2 N–H and O–H groups in total. The molecule has 0 amide bonds. The largest absolute Gasteiger partial charge is 0.389 e. The van der Waals surface area contributed by atoms with Crippen molar-refractivity contribution in [1.82, 2.24) is 0 Å². The fourth-order valence-corrected chi connectivity index (χ4v) is 3.74. The summed E-state index contributed by atoms with van der Waals surface area (Å²) < 4.78 is 0. The maximum absolute atomic E-state index is 9.84. The average Bonchev–Trinajstić information content (AvgIpc) is 3.01. The molecular weight excluding hydrogens is 234 g/mol. The van der Waals surface area contributed by atoms with Gasteiger partial charge < -0.3 is 10.4 Å². The SMILES string of the molecule is CC(O)c1ccccc1NC(C)C1CC2C=CC1C2. The summed E-state index contributed by atoms with van der Waals surface area (Å²) in [4.78, 5) is 0. The van der Waals surface area contributed by atoms with Crippen LogP contribution in [-0.4, -0.2) is 11.1 Å². The Morgan fingerprint density at radius 3 is 2.58 bits per heavy atom. The molecule has 0 heterocycles. The van der Waals surface area contributed by atoms with Gasteiger partial charge in [-0.25, -0.2) is 0 Å². The average molecular weight is 257 g/mol. The van der Waals surface area contributed by atoms with E-state index in [1.165, 1.54) is 12.8 Å². The molecule has 0 spiro atoms. The molecule has 2 bridgehead atoms. The number of anilines is 1. The van der Waals surface area contributed by atoms with Crippen molar-refractivity contribution in [2.24, 2.45) is 17.8 Å². The number of aliphatic hydroxyl groups excluding tert-OH is 1. The van der Waals surface area contributed by atoms with E-state index in [1.807, 2.05) is 25.1 Å². The van der Waals surface area contributed by atoms with Crippen LogP contribution in [-0.2, 0) is 0 Å². The van der Waals surface area contributed by atoms with E-state index in [2.05, 4.69) is 30.5 Å². The topological polar surface area (TPSA) is 32.3 Å². The van der Waals surface area contributed by atoms with Crippen molar-refractivity contribution >= 4 is 5.69 Å².